The summed E-state index contributed by atoms with van der Waals surface area (Å²) in [5, 5.41) is 11.7. The molecule has 2 unspecified atom stereocenters. The summed E-state index contributed by atoms with van der Waals surface area (Å²) >= 11 is 0. The molecule has 0 aromatic carbocycles. The molecular formula is C11H23NO3. The molecule has 0 fully saturated rings. The molecule has 0 aromatic heterocycles. The highest BCUT2D eigenvalue weighted by atomic mass is 16.5. The minimum absolute atomic E-state index is 0.0360. The summed E-state index contributed by atoms with van der Waals surface area (Å²) in [6.07, 6.45) is 0. The van der Waals surface area contributed by atoms with Crippen LogP contribution in [0.15, 0.2) is 0 Å². The zero-order valence-electron chi connectivity index (χ0n) is 10.3. The minimum atomic E-state index is -0.302. The van der Waals surface area contributed by atoms with Crippen LogP contribution in [0, 0.1) is 5.92 Å². The van der Waals surface area contributed by atoms with Crippen LogP contribution in [0.25, 0.3) is 0 Å². The standard InChI is InChI=1S/C11H23NO3/c1-8(6-13)9(2)12-10(14)7-15-11(3,4)5/h8-9,13H,6-7H2,1-5H3,(H,12,14). The van der Waals surface area contributed by atoms with Crippen LogP contribution in [0.4, 0.5) is 0 Å². The van der Waals surface area contributed by atoms with Crippen LogP contribution in [-0.2, 0) is 9.53 Å². The van der Waals surface area contributed by atoms with E-state index in [9.17, 15) is 4.79 Å². The molecule has 0 aliphatic heterocycles. The number of nitrogens with one attached hydrogen (secondary N) is 1. The second-order valence-electron chi connectivity index (χ2n) is 4.92. The second kappa shape index (κ2) is 6.08. The van der Waals surface area contributed by atoms with Gasteiger partial charge in [-0.05, 0) is 33.6 Å². The van der Waals surface area contributed by atoms with E-state index in [0.29, 0.717) is 0 Å². The van der Waals surface area contributed by atoms with Crippen molar-refractivity contribution in [1.29, 1.82) is 0 Å². The Balaban J connectivity index is 3.84. The third-order valence-corrected chi connectivity index (χ3v) is 2.17. The molecule has 0 heterocycles. The minimum Gasteiger partial charge on any atom is -0.396 e. The van der Waals surface area contributed by atoms with Gasteiger partial charge in [0.05, 0.1) is 5.60 Å². The summed E-state index contributed by atoms with van der Waals surface area (Å²) in [5.41, 5.74) is -0.302. The van der Waals surface area contributed by atoms with Gasteiger partial charge in [-0.2, -0.15) is 0 Å². The summed E-state index contributed by atoms with van der Waals surface area (Å²) in [4.78, 5) is 11.4. The molecule has 0 saturated carbocycles. The zero-order valence-corrected chi connectivity index (χ0v) is 10.3. The van der Waals surface area contributed by atoms with Gasteiger partial charge in [0.2, 0.25) is 5.91 Å². The molecule has 0 spiro atoms. The first kappa shape index (κ1) is 14.4. The Morgan fingerprint density at radius 3 is 2.33 bits per heavy atom. The number of carbonyl (C=O) groups is 1. The summed E-state index contributed by atoms with van der Waals surface area (Å²) < 4.78 is 5.33. The highest BCUT2D eigenvalue weighted by molar-refractivity contribution is 5.77. The topological polar surface area (TPSA) is 58.6 Å². The van der Waals surface area contributed by atoms with Gasteiger partial charge in [0, 0.05) is 12.6 Å². The Bertz CT molecular complexity index is 198. The lowest BCUT2D eigenvalue weighted by atomic mass is 10.1. The van der Waals surface area contributed by atoms with Crippen LogP contribution >= 0.6 is 0 Å². The Kier molecular flexibility index (Phi) is 5.83. The molecule has 4 nitrogen and oxygen atoms in total. The van der Waals surface area contributed by atoms with E-state index in [1.54, 1.807) is 0 Å². The van der Waals surface area contributed by atoms with E-state index >= 15 is 0 Å². The Hall–Kier alpha value is -0.610. The van der Waals surface area contributed by atoms with Crippen LogP contribution in [0.3, 0.4) is 0 Å². The number of aliphatic hydroxyl groups is 1. The van der Waals surface area contributed by atoms with Crippen molar-refractivity contribution in [2.45, 2.75) is 46.3 Å². The van der Waals surface area contributed by atoms with Crippen LogP contribution in [0.5, 0.6) is 0 Å². The van der Waals surface area contributed by atoms with E-state index in [2.05, 4.69) is 5.32 Å². The first-order chi connectivity index (χ1) is 6.76. The van der Waals surface area contributed by atoms with Crippen LogP contribution in [0.1, 0.15) is 34.6 Å². The molecule has 15 heavy (non-hydrogen) atoms. The molecule has 90 valence electrons. The van der Waals surface area contributed by atoms with E-state index < -0.39 is 0 Å². The maximum absolute atomic E-state index is 11.4. The Morgan fingerprint density at radius 1 is 1.40 bits per heavy atom. The van der Waals surface area contributed by atoms with Gasteiger partial charge in [0.1, 0.15) is 6.61 Å². The van der Waals surface area contributed by atoms with Crippen molar-refractivity contribution in [3.05, 3.63) is 0 Å². The number of aliphatic hydroxyl groups excluding tert-OH is 1. The first-order valence-electron chi connectivity index (χ1n) is 5.30. The summed E-state index contributed by atoms with van der Waals surface area (Å²) in [5.74, 6) is -0.0821. The highest BCUT2D eigenvalue weighted by Crippen LogP contribution is 2.06. The van der Waals surface area contributed by atoms with Gasteiger partial charge in [-0.3, -0.25) is 4.79 Å². The molecule has 4 heteroatoms. The zero-order chi connectivity index (χ0) is 12.1. The van der Waals surface area contributed by atoms with Gasteiger partial charge in [0.25, 0.3) is 0 Å². The average Bonchev–Trinajstić information content (AvgIpc) is 2.12. The fraction of sp³-hybridized carbons (Fsp3) is 0.909. The molecule has 0 aromatic rings. The van der Waals surface area contributed by atoms with Crippen LogP contribution in [0.2, 0.25) is 0 Å². The lowest BCUT2D eigenvalue weighted by Gasteiger charge is -2.22. The lowest BCUT2D eigenvalue weighted by Crippen LogP contribution is -2.41. The Labute approximate surface area is 92.0 Å². The van der Waals surface area contributed by atoms with E-state index in [-0.39, 0.29) is 36.7 Å². The van der Waals surface area contributed by atoms with Crippen molar-refractivity contribution in [3.63, 3.8) is 0 Å². The number of rotatable bonds is 5. The average molecular weight is 217 g/mol. The van der Waals surface area contributed by atoms with Gasteiger partial charge in [-0.25, -0.2) is 0 Å². The molecular weight excluding hydrogens is 194 g/mol. The van der Waals surface area contributed by atoms with Crippen molar-refractivity contribution in [1.82, 2.24) is 5.32 Å². The maximum atomic E-state index is 11.4. The SMILES string of the molecule is CC(CO)C(C)NC(=O)COC(C)(C)C. The second-order valence-corrected chi connectivity index (χ2v) is 4.92. The molecule has 0 saturated heterocycles. The van der Waals surface area contributed by atoms with Gasteiger partial charge >= 0.3 is 0 Å². The summed E-state index contributed by atoms with van der Waals surface area (Å²) in [6.45, 7) is 9.60. The maximum Gasteiger partial charge on any atom is 0.246 e. The van der Waals surface area contributed by atoms with Crippen molar-refractivity contribution in [2.24, 2.45) is 5.92 Å². The fourth-order valence-electron chi connectivity index (χ4n) is 0.878. The molecule has 0 bridgehead atoms. The number of hydrogen-bond acceptors (Lipinski definition) is 3. The van der Waals surface area contributed by atoms with Crippen molar-refractivity contribution in [2.75, 3.05) is 13.2 Å². The molecule has 2 atom stereocenters. The number of amides is 1. The van der Waals surface area contributed by atoms with Gasteiger partial charge in [-0.15, -0.1) is 0 Å². The van der Waals surface area contributed by atoms with Gasteiger partial charge in [-0.1, -0.05) is 6.92 Å². The van der Waals surface area contributed by atoms with Crippen molar-refractivity contribution < 1.29 is 14.6 Å². The Morgan fingerprint density at radius 2 is 1.93 bits per heavy atom. The summed E-state index contributed by atoms with van der Waals surface area (Å²) in [7, 11) is 0. The van der Waals surface area contributed by atoms with Gasteiger partial charge < -0.3 is 15.2 Å². The molecule has 2 N–H and O–H groups in total. The fourth-order valence-corrected chi connectivity index (χ4v) is 0.878. The smallest absolute Gasteiger partial charge is 0.246 e. The number of hydrogen-bond donors (Lipinski definition) is 2. The van der Waals surface area contributed by atoms with Crippen LogP contribution < -0.4 is 5.32 Å². The highest BCUT2D eigenvalue weighted by Gasteiger charge is 2.16. The normalized spacial score (nSPS) is 15.9. The van der Waals surface area contributed by atoms with Crippen molar-refractivity contribution >= 4 is 5.91 Å². The number of ether oxygens (including phenoxy) is 1. The van der Waals surface area contributed by atoms with E-state index in [1.165, 1.54) is 0 Å². The van der Waals surface area contributed by atoms with Gasteiger partial charge in [0.15, 0.2) is 0 Å². The molecule has 0 aliphatic carbocycles. The van der Waals surface area contributed by atoms with E-state index in [1.807, 2.05) is 34.6 Å². The molecule has 0 aliphatic rings. The van der Waals surface area contributed by atoms with E-state index in [0.717, 1.165) is 0 Å². The van der Waals surface area contributed by atoms with Crippen molar-refractivity contribution in [3.8, 4) is 0 Å². The third kappa shape index (κ3) is 7.33. The lowest BCUT2D eigenvalue weighted by molar-refractivity contribution is -0.131. The predicted molar refractivity (Wildman–Crippen MR) is 59.6 cm³/mol. The summed E-state index contributed by atoms with van der Waals surface area (Å²) in [6, 6.07) is -0.0360. The van der Waals surface area contributed by atoms with E-state index in [4.69, 9.17) is 9.84 Å². The molecule has 0 radical (unpaired) electrons. The predicted octanol–water partition coefficient (Wildman–Crippen LogP) is 0.935. The third-order valence-electron chi connectivity index (χ3n) is 2.17. The quantitative estimate of drug-likeness (QED) is 0.720. The molecule has 1 amide bonds. The molecule has 0 rings (SSSR count). The monoisotopic (exact) mass is 217 g/mol. The largest absolute Gasteiger partial charge is 0.396 e. The van der Waals surface area contributed by atoms with Crippen LogP contribution in [-0.4, -0.2) is 35.9 Å². The first-order valence-corrected chi connectivity index (χ1v) is 5.30. The number of carbonyl (C=O) groups excluding carboxylic acids is 1.